The van der Waals surface area contributed by atoms with Gasteiger partial charge in [-0.2, -0.15) is 0 Å². The van der Waals surface area contributed by atoms with Gasteiger partial charge >= 0.3 is 0 Å². The third-order valence-corrected chi connectivity index (χ3v) is 1.58. The normalized spacial score (nSPS) is 30.1. The van der Waals surface area contributed by atoms with Crippen LogP contribution in [0.1, 0.15) is 13.3 Å². The third kappa shape index (κ3) is 3.05. The molecule has 0 aliphatic heterocycles. The Morgan fingerprint density at radius 2 is 2.18 bits per heavy atom. The van der Waals surface area contributed by atoms with Gasteiger partial charge in [-0.05, 0) is 13.3 Å². The second kappa shape index (κ2) is 3.90. The van der Waals surface area contributed by atoms with E-state index in [1.54, 1.807) is 6.92 Å². The zero-order valence-corrected chi connectivity index (χ0v) is 7.23. The summed E-state index contributed by atoms with van der Waals surface area (Å²) in [7, 11) is 0. The van der Waals surface area contributed by atoms with Crippen molar-refractivity contribution in [2.75, 3.05) is 0 Å². The van der Waals surface area contributed by atoms with Crippen molar-refractivity contribution in [1.29, 1.82) is 0 Å². The van der Waals surface area contributed by atoms with Gasteiger partial charge in [0, 0.05) is 12.1 Å². The van der Waals surface area contributed by atoms with Gasteiger partial charge in [0.15, 0.2) is 0 Å². The predicted octanol–water partition coefficient (Wildman–Crippen LogP) is -1.03. The van der Waals surface area contributed by atoms with Crippen molar-refractivity contribution in [2.24, 2.45) is 11.5 Å². The lowest BCUT2D eigenvalue weighted by atomic mass is 10.3. The quantitative estimate of drug-likeness (QED) is 0.507. The number of hydrogen-bond acceptors (Lipinski definition) is 3. The zero-order valence-electron chi connectivity index (χ0n) is 6.41. The van der Waals surface area contributed by atoms with Gasteiger partial charge < -0.3 is 16.8 Å². The van der Waals surface area contributed by atoms with Crippen molar-refractivity contribution in [3.63, 3.8) is 0 Å². The van der Waals surface area contributed by atoms with Crippen LogP contribution in [-0.4, -0.2) is 24.0 Å². The molecule has 11 heavy (non-hydrogen) atoms. The number of nitrogens with two attached hydrogens (primary N) is 2. The largest absolute Gasteiger partial charge is 0.350 e. The molecule has 0 radical (unpaired) electrons. The van der Waals surface area contributed by atoms with Crippen molar-refractivity contribution in [1.82, 2.24) is 5.32 Å². The van der Waals surface area contributed by atoms with Crippen molar-refractivity contribution < 1.29 is 4.79 Å². The van der Waals surface area contributed by atoms with E-state index in [9.17, 15) is 4.79 Å². The first-order chi connectivity index (χ1) is 4.61. The molecule has 4 nitrogen and oxygen atoms in total. The van der Waals surface area contributed by atoms with Gasteiger partial charge in [-0.25, -0.2) is 0 Å². The number of halogens is 1. The lowest BCUT2D eigenvalue weighted by Gasteiger charge is -2.05. The Kier molecular flexibility index (Phi) is 3.78. The number of nitrogens with one attached hydrogen (secondary N) is 1. The minimum atomic E-state index is -0.423. The SMILES string of the molecule is C[C@@H](N)C(=O)NC1CC1N.Cl. The van der Waals surface area contributed by atoms with Gasteiger partial charge in [0.25, 0.3) is 0 Å². The van der Waals surface area contributed by atoms with E-state index in [2.05, 4.69) is 5.32 Å². The molecule has 0 aromatic heterocycles. The fourth-order valence-corrected chi connectivity index (χ4v) is 0.695. The third-order valence-electron chi connectivity index (χ3n) is 1.58. The molecule has 1 aliphatic rings. The second-order valence-electron chi connectivity index (χ2n) is 2.80. The monoisotopic (exact) mass is 179 g/mol. The summed E-state index contributed by atoms with van der Waals surface area (Å²) in [6.07, 6.45) is 0.887. The Morgan fingerprint density at radius 3 is 2.45 bits per heavy atom. The predicted molar refractivity (Wildman–Crippen MR) is 45.4 cm³/mol. The Balaban J connectivity index is 0.000001000. The number of carbonyl (C=O) groups excluding carboxylic acids is 1. The van der Waals surface area contributed by atoms with Crippen LogP contribution in [0.15, 0.2) is 0 Å². The molecule has 1 fully saturated rings. The molecule has 0 bridgehead atoms. The molecule has 5 heteroatoms. The van der Waals surface area contributed by atoms with Crippen molar-refractivity contribution >= 4 is 18.3 Å². The van der Waals surface area contributed by atoms with Crippen LogP contribution in [0.2, 0.25) is 0 Å². The van der Waals surface area contributed by atoms with E-state index in [-0.39, 0.29) is 30.4 Å². The van der Waals surface area contributed by atoms with Gasteiger partial charge in [-0.1, -0.05) is 0 Å². The van der Waals surface area contributed by atoms with Crippen LogP contribution >= 0.6 is 12.4 Å². The Labute approximate surface area is 72.1 Å². The summed E-state index contributed by atoms with van der Waals surface area (Å²) < 4.78 is 0. The van der Waals surface area contributed by atoms with E-state index in [0.717, 1.165) is 6.42 Å². The van der Waals surface area contributed by atoms with E-state index in [1.165, 1.54) is 0 Å². The van der Waals surface area contributed by atoms with Crippen LogP contribution in [0.25, 0.3) is 0 Å². The molecular formula is C6H14ClN3O. The fraction of sp³-hybridized carbons (Fsp3) is 0.833. The summed E-state index contributed by atoms with van der Waals surface area (Å²) >= 11 is 0. The average Bonchev–Trinajstić information content (AvgIpc) is 2.46. The lowest BCUT2D eigenvalue weighted by molar-refractivity contribution is -0.122. The van der Waals surface area contributed by atoms with Crippen LogP contribution in [0.4, 0.5) is 0 Å². The van der Waals surface area contributed by atoms with Crippen LogP contribution in [0, 0.1) is 0 Å². The molecule has 66 valence electrons. The number of rotatable bonds is 2. The molecule has 2 unspecified atom stereocenters. The van der Waals surface area contributed by atoms with Crippen LogP contribution in [0.5, 0.6) is 0 Å². The first-order valence-electron chi connectivity index (χ1n) is 3.43. The van der Waals surface area contributed by atoms with Crippen LogP contribution in [0.3, 0.4) is 0 Å². The molecule has 5 N–H and O–H groups in total. The molecule has 1 amide bonds. The second-order valence-corrected chi connectivity index (χ2v) is 2.80. The van der Waals surface area contributed by atoms with E-state index in [0.29, 0.717) is 0 Å². The maximum Gasteiger partial charge on any atom is 0.236 e. The molecule has 1 rings (SSSR count). The average molecular weight is 180 g/mol. The molecule has 1 saturated carbocycles. The summed E-state index contributed by atoms with van der Waals surface area (Å²) in [6, 6.07) is -0.0889. The summed E-state index contributed by atoms with van der Waals surface area (Å²) in [5, 5.41) is 2.71. The first-order valence-corrected chi connectivity index (χ1v) is 3.43. The minimum absolute atomic E-state index is 0. The van der Waals surface area contributed by atoms with Gasteiger partial charge in [0.05, 0.1) is 6.04 Å². The van der Waals surface area contributed by atoms with Gasteiger partial charge in [-0.15, -0.1) is 12.4 Å². The topological polar surface area (TPSA) is 81.1 Å². The summed E-state index contributed by atoms with van der Waals surface area (Å²) in [5.74, 6) is -0.113. The lowest BCUT2D eigenvalue weighted by Crippen LogP contribution is -2.40. The molecule has 0 heterocycles. The molecule has 1 aliphatic carbocycles. The van der Waals surface area contributed by atoms with Gasteiger partial charge in [0.2, 0.25) is 5.91 Å². The highest BCUT2D eigenvalue weighted by Gasteiger charge is 2.34. The highest BCUT2D eigenvalue weighted by Crippen LogP contribution is 2.17. The summed E-state index contributed by atoms with van der Waals surface area (Å²) in [6.45, 7) is 1.66. The molecule has 3 atom stereocenters. The van der Waals surface area contributed by atoms with Gasteiger partial charge in [0.1, 0.15) is 0 Å². The zero-order chi connectivity index (χ0) is 7.72. The van der Waals surface area contributed by atoms with E-state index in [1.807, 2.05) is 0 Å². The Bertz CT molecular complexity index is 151. The smallest absolute Gasteiger partial charge is 0.236 e. The number of hydrogen-bond donors (Lipinski definition) is 3. The number of carbonyl (C=O) groups is 1. The van der Waals surface area contributed by atoms with Gasteiger partial charge in [-0.3, -0.25) is 4.79 Å². The molecule has 0 aromatic rings. The van der Waals surface area contributed by atoms with Crippen molar-refractivity contribution in [2.45, 2.75) is 31.5 Å². The van der Waals surface area contributed by atoms with Crippen molar-refractivity contribution in [3.8, 4) is 0 Å². The fourth-order valence-electron chi connectivity index (χ4n) is 0.695. The van der Waals surface area contributed by atoms with E-state index < -0.39 is 6.04 Å². The standard InChI is InChI=1S/C6H13N3O.ClH/c1-3(7)6(10)9-5-2-4(5)8;/h3-5H,2,7-8H2,1H3,(H,9,10);1H/t3-,4?,5?;/m1./s1. The molecular weight excluding hydrogens is 166 g/mol. The van der Waals surface area contributed by atoms with Crippen molar-refractivity contribution in [3.05, 3.63) is 0 Å². The Morgan fingerprint density at radius 1 is 1.73 bits per heavy atom. The molecule has 0 aromatic carbocycles. The maximum absolute atomic E-state index is 10.8. The minimum Gasteiger partial charge on any atom is -0.350 e. The molecule has 0 saturated heterocycles. The summed E-state index contributed by atoms with van der Waals surface area (Å²) in [5.41, 5.74) is 10.8. The highest BCUT2D eigenvalue weighted by molar-refractivity contribution is 5.85. The maximum atomic E-state index is 10.8. The summed E-state index contributed by atoms with van der Waals surface area (Å²) in [4.78, 5) is 10.8. The van der Waals surface area contributed by atoms with E-state index in [4.69, 9.17) is 11.5 Å². The van der Waals surface area contributed by atoms with Crippen LogP contribution < -0.4 is 16.8 Å². The highest BCUT2D eigenvalue weighted by atomic mass is 35.5. The van der Waals surface area contributed by atoms with Crippen LogP contribution in [-0.2, 0) is 4.79 Å². The molecule has 0 spiro atoms. The Hall–Kier alpha value is -0.320. The van der Waals surface area contributed by atoms with E-state index >= 15 is 0 Å². The number of amides is 1. The first kappa shape index (κ1) is 10.7.